The van der Waals surface area contributed by atoms with Gasteiger partial charge in [-0.25, -0.2) is 10.8 Å². The van der Waals surface area contributed by atoms with Crippen molar-refractivity contribution in [2.24, 2.45) is 11.6 Å². The number of hydrogen-bond donors (Lipinski definition) is 4. The van der Waals surface area contributed by atoms with Gasteiger partial charge in [0.25, 0.3) is 0 Å². The summed E-state index contributed by atoms with van der Waals surface area (Å²) in [6, 6.07) is 0. The zero-order chi connectivity index (χ0) is 14.2. The lowest BCUT2D eigenvalue weighted by molar-refractivity contribution is -0.109. The molecule has 1 amide bonds. The Kier molecular flexibility index (Phi) is 30.3. The molecule has 0 aromatic carbocycles. The lowest BCUT2D eigenvalue weighted by Crippen LogP contribution is -2.18. The highest BCUT2D eigenvalue weighted by Gasteiger charge is 1.88. The molecule has 0 aliphatic heterocycles. The van der Waals surface area contributed by atoms with E-state index >= 15 is 0 Å². The summed E-state index contributed by atoms with van der Waals surface area (Å²) < 4.78 is 9.29. The molecule has 20 heavy (non-hydrogen) atoms. The van der Waals surface area contributed by atoms with Gasteiger partial charge in [-0.05, 0) is 0 Å². The van der Waals surface area contributed by atoms with Crippen molar-refractivity contribution in [2.45, 2.75) is 21.5 Å². The van der Waals surface area contributed by atoms with E-state index in [0.717, 1.165) is 5.82 Å². The molecule has 0 saturated heterocycles. The van der Waals surface area contributed by atoms with E-state index in [-0.39, 0.29) is 14.9 Å². The van der Waals surface area contributed by atoms with Crippen LogP contribution >= 0.6 is 12.2 Å². The van der Waals surface area contributed by atoms with Crippen LogP contribution in [0.3, 0.4) is 0 Å². The SMILES string of the molecule is C.C.COCC(N)=S.COCc1ncn[nH]1.NNC=O. The molecule has 0 radical (unpaired) electrons. The number of H-pyrrole nitrogens is 1. The highest BCUT2D eigenvalue weighted by Crippen LogP contribution is 1.84. The predicted octanol–water partition coefficient (Wildman–Crippen LogP) is -0.252. The van der Waals surface area contributed by atoms with Gasteiger partial charge < -0.3 is 15.2 Å². The van der Waals surface area contributed by atoms with Gasteiger partial charge in [0.2, 0.25) is 6.41 Å². The van der Waals surface area contributed by atoms with Crippen LogP contribution in [0, 0.1) is 0 Å². The minimum Gasteiger partial charge on any atom is -0.391 e. The van der Waals surface area contributed by atoms with Crippen molar-refractivity contribution < 1.29 is 14.3 Å². The van der Waals surface area contributed by atoms with Gasteiger partial charge >= 0.3 is 0 Å². The van der Waals surface area contributed by atoms with Crippen LogP contribution in [0.2, 0.25) is 0 Å². The minimum atomic E-state index is 0. The first kappa shape index (κ1) is 26.8. The van der Waals surface area contributed by atoms with Gasteiger partial charge in [0.15, 0.2) is 0 Å². The van der Waals surface area contributed by atoms with E-state index in [2.05, 4.69) is 38.0 Å². The van der Waals surface area contributed by atoms with Crippen LogP contribution in [0.15, 0.2) is 6.33 Å². The van der Waals surface area contributed by atoms with Crippen LogP contribution in [0.1, 0.15) is 20.7 Å². The normalized spacial score (nSPS) is 7.35. The fraction of sp³-hybridized carbons (Fsp3) is 0.600. The third-order valence-corrected chi connectivity index (χ3v) is 1.22. The molecule has 0 unspecified atom stereocenters. The molecule has 1 aromatic heterocycles. The Morgan fingerprint density at radius 2 is 2.05 bits per heavy atom. The van der Waals surface area contributed by atoms with E-state index in [0.29, 0.717) is 24.6 Å². The summed E-state index contributed by atoms with van der Waals surface area (Å²) in [6.07, 6.45) is 1.86. The number of methoxy groups -OCH3 is 2. The molecular weight excluding hydrogens is 284 g/mol. The molecule has 1 rings (SSSR count). The summed E-state index contributed by atoms with van der Waals surface area (Å²) in [5.41, 5.74) is 6.76. The van der Waals surface area contributed by atoms with Crippen LogP contribution in [0.4, 0.5) is 0 Å². The zero-order valence-corrected chi connectivity index (χ0v) is 11.1. The minimum absolute atomic E-state index is 0. The van der Waals surface area contributed by atoms with Crippen molar-refractivity contribution in [2.75, 3.05) is 20.8 Å². The lowest BCUT2D eigenvalue weighted by atomic mass is 10.7. The summed E-state index contributed by atoms with van der Waals surface area (Å²) in [6.45, 7) is 0.884. The van der Waals surface area contributed by atoms with Crippen molar-refractivity contribution in [3.8, 4) is 0 Å². The molecule has 0 fully saturated rings. The molecule has 0 aliphatic carbocycles. The van der Waals surface area contributed by atoms with Crippen molar-refractivity contribution in [1.82, 2.24) is 20.6 Å². The number of carbonyl (C=O) groups excluding carboxylic acids is 1. The van der Waals surface area contributed by atoms with Gasteiger partial charge in [-0.15, -0.1) is 0 Å². The molecule has 0 aliphatic rings. The number of rotatable bonds is 5. The van der Waals surface area contributed by atoms with E-state index < -0.39 is 0 Å². The monoisotopic (exact) mass is 310 g/mol. The van der Waals surface area contributed by atoms with Crippen molar-refractivity contribution in [3.05, 3.63) is 12.2 Å². The van der Waals surface area contributed by atoms with E-state index in [4.69, 9.17) is 15.3 Å². The second-order valence-corrected chi connectivity index (χ2v) is 3.07. The van der Waals surface area contributed by atoms with Crippen LogP contribution in [-0.4, -0.2) is 47.4 Å². The van der Waals surface area contributed by atoms with E-state index in [1.54, 1.807) is 19.6 Å². The molecule has 1 aromatic rings. The molecule has 0 spiro atoms. The maximum absolute atomic E-state index is 8.94. The average molecular weight is 310 g/mol. The standard InChI is InChI=1S/C4H7N3O.C3H7NOS.CH4N2O.2CH4/c1-8-2-4-5-3-6-7-4;1-5-2-3(4)6;2-3-1-4;;/h3H,2H2,1H3,(H,5,6,7);2H2,1H3,(H2,4,6);1H,2H2,(H,3,4);2*1H4. The molecule has 6 N–H and O–H groups in total. The first-order valence-corrected chi connectivity index (χ1v) is 5.03. The maximum atomic E-state index is 8.94. The number of nitrogens with zero attached hydrogens (tertiary/aromatic N) is 2. The highest BCUT2D eigenvalue weighted by molar-refractivity contribution is 7.80. The number of aromatic amines is 1. The second kappa shape index (κ2) is 22.6. The quantitative estimate of drug-likeness (QED) is 0.192. The largest absolute Gasteiger partial charge is 0.391 e. The highest BCUT2D eigenvalue weighted by atomic mass is 32.1. The number of carbonyl (C=O) groups is 1. The van der Waals surface area contributed by atoms with Gasteiger partial charge in [-0.3, -0.25) is 15.3 Å². The van der Waals surface area contributed by atoms with Crippen molar-refractivity contribution >= 4 is 23.6 Å². The lowest BCUT2D eigenvalue weighted by Gasteiger charge is -1.88. The van der Waals surface area contributed by atoms with Gasteiger partial charge in [0.05, 0.1) is 11.6 Å². The third-order valence-electron chi connectivity index (χ3n) is 1.10. The van der Waals surface area contributed by atoms with Gasteiger partial charge in [0, 0.05) is 14.2 Å². The summed E-state index contributed by atoms with van der Waals surface area (Å²) in [5, 5.41) is 6.28. The maximum Gasteiger partial charge on any atom is 0.221 e. The van der Waals surface area contributed by atoms with Crippen LogP contribution in [-0.2, 0) is 20.9 Å². The first-order valence-electron chi connectivity index (χ1n) is 4.62. The summed E-state index contributed by atoms with van der Waals surface area (Å²) >= 11 is 4.45. The van der Waals surface area contributed by atoms with Crippen molar-refractivity contribution in [3.63, 3.8) is 0 Å². The van der Waals surface area contributed by atoms with E-state index in [1.165, 1.54) is 6.33 Å². The fourth-order valence-electron chi connectivity index (χ4n) is 0.579. The van der Waals surface area contributed by atoms with Gasteiger partial charge in [-0.2, -0.15) is 5.10 Å². The number of aromatic nitrogens is 3. The molecule has 9 nitrogen and oxygen atoms in total. The second-order valence-electron chi connectivity index (χ2n) is 2.55. The zero-order valence-electron chi connectivity index (χ0n) is 10.3. The molecule has 120 valence electrons. The van der Waals surface area contributed by atoms with Crippen LogP contribution in [0.5, 0.6) is 0 Å². The number of nitrogens with one attached hydrogen (secondary N) is 2. The number of hydrogen-bond acceptors (Lipinski definition) is 7. The fourth-order valence-corrected chi connectivity index (χ4v) is 0.697. The topological polar surface area (TPSA) is 141 Å². The third kappa shape index (κ3) is 25.3. The first-order chi connectivity index (χ1) is 8.62. The smallest absolute Gasteiger partial charge is 0.221 e. The Labute approximate surface area is 125 Å². The number of amides is 1. The Balaban J connectivity index is -0.0000000969. The molecular formula is C10H26N6O3S. The number of thiocarbonyl (C=S) groups is 1. The molecule has 0 bridgehead atoms. The van der Waals surface area contributed by atoms with Crippen LogP contribution < -0.4 is 17.0 Å². The van der Waals surface area contributed by atoms with E-state index in [1.807, 2.05) is 0 Å². The molecule has 0 atom stereocenters. The Bertz CT molecular complexity index is 297. The number of nitrogens with two attached hydrogens (primary N) is 2. The summed E-state index contributed by atoms with van der Waals surface area (Å²) in [4.78, 5) is 13.2. The number of ether oxygens (including phenoxy) is 2. The Hall–Kier alpha value is -1.62. The Morgan fingerprint density at radius 1 is 1.50 bits per heavy atom. The molecule has 1 heterocycles. The van der Waals surface area contributed by atoms with Gasteiger partial charge in [-0.1, -0.05) is 27.1 Å². The summed E-state index contributed by atoms with van der Waals surface area (Å²) in [5.74, 6) is 5.17. The van der Waals surface area contributed by atoms with Crippen molar-refractivity contribution in [1.29, 1.82) is 0 Å². The van der Waals surface area contributed by atoms with Gasteiger partial charge in [0.1, 0.15) is 18.8 Å². The van der Waals surface area contributed by atoms with E-state index in [9.17, 15) is 0 Å². The molecule has 10 heteroatoms. The Morgan fingerprint density at radius 3 is 2.25 bits per heavy atom. The summed E-state index contributed by atoms with van der Waals surface area (Å²) in [7, 11) is 3.17. The predicted molar refractivity (Wildman–Crippen MR) is 82.6 cm³/mol. The molecule has 0 saturated carbocycles. The average Bonchev–Trinajstić information content (AvgIpc) is 2.83. The number of hydrazine groups is 1. The van der Waals surface area contributed by atoms with Crippen LogP contribution in [0.25, 0.3) is 0 Å².